The fraction of sp³-hybridized carbons (Fsp3) is 0.312. The molecule has 1 unspecified atom stereocenters. The van der Waals surface area contributed by atoms with Crippen LogP contribution in [0.3, 0.4) is 0 Å². The molecule has 20 heavy (non-hydrogen) atoms. The average Bonchev–Trinajstić information content (AvgIpc) is 2.94. The normalized spacial score (nSPS) is 12.3. The van der Waals surface area contributed by atoms with E-state index < -0.39 is 0 Å². The van der Waals surface area contributed by atoms with Crippen molar-refractivity contribution in [2.45, 2.75) is 25.9 Å². The zero-order chi connectivity index (χ0) is 14.5. The molecule has 0 saturated carbocycles. The molecule has 0 N–H and O–H groups in total. The smallest absolute Gasteiger partial charge is 0.127 e. The Morgan fingerprint density at radius 1 is 1.40 bits per heavy atom. The van der Waals surface area contributed by atoms with Crippen molar-refractivity contribution in [3.8, 4) is 6.07 Å². The monoisotopic (exact) mass is 288 g/mol. The largest absolute Gasteiger partial charge is 0.299 e. The molecule has 0 aliphatic heterocycles. The van der Waals surface area contributed by atoms with Crippen LogP contribution in [0.2, 0.25) is 0 Å². The summed E-state index contributed by atoms with van der Waals surface area (Å²) in [4.78, 5) is 3.44. The number of rotatable bonds is 5. The molecule has 104 valence electrons. The van der Waals surface area contributed by atoms with E-state index in [1.54, 1.807) is 17.4 Å². The lowest BCUT2D eigenvalue weighted by atomic mass is 10.1. The summed E-state index contributed by atoms with van der Waals surface area (Å²) >= 11 is 1.74. The molecule has 0 fully saturated rings. The van der Waals surface area contributed by atoms with Gasteiger partial charge in [-0.3, -0.25) is 4.90 Å². The van der Waals surface area contributed by atoms with Gasteiger partial charge >= 0.3 is 0 Å². The van der Waals surface area contributed by atoms with Crippen LogP contribution in [0.25, 0.3) is 0 Å². The molecule has 1 aromatic heterocycles. The molecule has 0 radical (unpaired) electrons. The first kappa shape index (κ1) is 14.7. The van der Waals surface area contributed by atoms with Crippen LogP contribution in [0.15, 0.2) is 35.7 Å². The highest BCUT2D eigenvalue weighted by Crippen LogP contribution is 2.17. The molecule has 0 amide bonds. The van der Waals surface area contributed by atoms with E-state index in [4.69, 9.17) is 5.26 Å². The van der Waals surface area contributed by atoms with Gasteiger partial charge in [-0.2, -0.15) is 5.26 Å². The topological polar surface area (TPSA) is 27.0 Å². The highest BCUT2D eigenvalue weighted by Gasteiger charge is 2.13. The van der Waals surface area contributed by atoms with Crippen LogP contribution in [0.5, 0.6) is 0 Å². The van der Waals surface area contributed by atoms with Gasteiger partial charge in [-0.1, -0.05) is 6.07 Å². The predicted octanol–water partition coefficient (Wildman–Crippen LogP) is 3.82. The zero-order valence-corrected chi connectivity index (χ0v) is 12.5. The molecule has 0 saturated heterocycles. The SMILES string of the molecule is CC(Cc1cccs1)N(C)Cc1cc(C#N)ccc1F. The number of hydrogen-bond acceptors (Lipinski definition) is 3. The van der Waals surface area contributed by atoms with Gasteiger partial charge in [0, 0.05) is 23.0 Å². The van der Waals surface area contributed by atoms with Crippen LogP contribution in [0, 0.1) is 17.1 Å². The lowest BCUT2D eigenvalue weighted by Gasteiger charge is -2.24. The lowest BCUT2D eigenvalue weighted by molar-refractivity contribution is 0.245. The van der Waals surface area contributed by atoms with Gasteiger partial charge in [-0.25, -0.2) is 4.39 Å². The van der Waals surface area contributed by atoms with Gasteiger partial charge in [0.1, 0.15) is 5.82 Å². The van der Waals surface area contributed by atoms with Gasteiger partial charge in [0.2, 0.25) is 0 Å². The number of hydrogen-bond donors (Lipinski definition) is 0. The number of nitriles is 1. The third-order valence-electron chi connectivity index (χ3n) is 3.42. The molecule has 0 bridgehead atoms. The Morgan fingerprint density at radius 3 is 2.85 bits per heavy atom. The van der Waals surface area contributed by atoms with Crippen molar-refractivity contribution in [1.82, 2.24) is 4.90 Å². The summed E-state index contributed by atoms with van der Waals surface area (Å²) in [6, 6.07) is 11.0. The summed E-state index contributed by atoms with van der Waals surface area (Å²) in [6.07, 6.45) is 0.952. The number of thiophene rings is 1. The minimum Gasteiger partial charge on any atom is -0.299 e. The Kier molecular flexibility index (Phi) is 4.89. The van der Waals surface area contributed by atoms with Gasteiger partial charge in [0.15, 0.2) is 0 Å². The van der Waals surface area contributed by atoms with Crippen LogP contribution < -0.4 is 0 Å². The first-order chi connectivity index (χ1) is 9.60. The van der Waals surface area contributed by atoms with E-state index >= 15 is 0 Å². The van der Waals surface area contributed by atoms with Crippen LogP contribution in [-0.2, 0) is 13.0 Å². The summed E-state index contributed by atoms with van der Waals surface area (Å²) in [6.45, 7) is 2.64. The van der Waals surface area contributed by atoms with E-state index in [9.17, 15) is 4.39 Å². The number of nitrogens with zero attached hydrogens (tertiary/aromatic N) is 2. The fourth-order valence-electron chi connectivity index (χ4n) is 2.07. The van der Waals surface area contributed by atoms with Gasteiger partial charge in [-0.15, -0.1) is 11.3 Å². The van der Waals surface area contributed by atoms with Gasteiger partial charge in [0.05, 0.1) is 11.6 Å². The third-order valence-corrected chi connectivity index (χ3v) is 4.32. The molecule has 0 aliphatic rings. The second-order valence-corrected chi connectivity index (χ2v) is 6.00. The fourth-order valence-corrected chi connectivity index (χ4v) is 2.89. The molecule has 0 spiro atoms. The van der Waals surface area contributed by atoms with Crippen molar-refractivity contribution in [3.63, 3.8) is 0 Å². The van der Waals surface area contributed by atoms with E-state index in [1.807, 2.05) is 19.2 Å². The van der Waals surface area contributed by atoms with Crippen molar-refractivity contribution < 1.29 is 4.39 Å². The Morgan fingerprint density at radius 2 is 2.20 bits per heavy atom. The molecule has 1 atom stereocenters. The predicted molar refractivity (Wildman–Crippen MR) is 80.1 cm³/mol. The van der Waals surface area contributed by atoms with Crippen LogP contribution in [-0.4, -0.2) is 18.0 Å². The van der Waals surface area contributed by atoms with E-state index in [0.29, 0.717) is 23.7 Å². The van der Waals surface area contributed by atoms with Gasteiger partial charge < -0.3 is 0 Å². The van der Waals surface area contributed by atoms with Crippen molar-refractivity contribution in [2.75, 3.05) is 7.05 Å². The van der Waals surface area contributed by atoms with E-state index in [0.717, 1.165) is 6.42 Å². The summed E-state index contributed by atoms with van der Waals surface area (Å²) in [7, 11) is 1.98. The van der Waals surface area contributed by atoms with E-state index in [2.05, 4.69) is 23.3 Å². The molecule has 2 rings (SSSR count). The molecule has 1 heterocycles. The van der Waals surface area contributed by atoms with E-state index in [1.165, 1.54) is 17.0 Å². The maximum Gasteiger partial charge on any atom is 0.127 e. The molecule has 2 aromatic rings. The van der Waals surface area contributed by atoms with Crippen LogP contribution in [0.4, 0.5) is 4.39 Å². The first-order valence-electron chi connectivity index (χ1n) is 6.51. The second kappa shape index (κ2) is 6.65. The van der Waals surface area contributed by atoms with Crippen molar-refractivity contribution in [1.29, 1.82) is 5.26 Å². The average molecular weight is 288 g/mol. The molecule has 2 nitrogen and oxygen atoms in total. The minimum atomic E-state index is -0.251. The van der Waals surface area contributed by atoms with Crippen LogP contribution >= 0.6 is 11.3 Å². The Bertz CT molecular complexity index is 601. The highest BCUT2D eigenvalue weighted by molar-refractivity contribution is 7.09. The molecular formula is C16H17FN2S. The highest BCUT2D eigenvalue weighted by atomic mass is 32.1. The molecule has 0 aliphatic carbocycles. The van der Waals surface area contributed by atoms with Crippen molar-refractivity contribution >= 4 is 11.3 Å². The maximum absolute atomic E-state index is 13.8. The quantitative estimate of drug-likeness (QED) is 0.836. The van der Waals surface area contributed by atoms with Gasteiger partial charge in [-0.05, 0) is 50.0 Å². The Labute approximate surface area is 123 Å². The van der Waals surface area contributed by atoms with Crippen molar-refractivity contribution in [3.05, 3.63) is 57.5 Å². The maximum atomic E-state index is 13.8. The van der Waals surface area contributed by atoms with Crippen LogP contribution in [0.1, 0.15) is 22.9 Å². The lowest BCUT2D eigenvalue weighted by Crippen LogP contribution is -2.30. The zero-order valence-electron chi connectivity index (χ0n) is 11.6. The van der Waals surface area contributed by atoms with E-state index in [-0.39, 0.29) is 5.82 Å². The van der Waals surface area contributed by atoms with Gasteiger partial charge in [0.25, 0.3) is 0 Å². The Hall–Kier alpha value is -1.70. The molecule has 1 aromatic carbocycles. The molecular weight excluding hydrogens is 271 g/mol. The summed E-state index contributed by atoms with van der Waals surface area (Å²) in [5, 5.41) is 11.0. The second-order valence-electron chi connectivity index (χ2n) is 4.97. The first-order valence-corrected chi connectivity index (χ1v) is 7.39. The summed E-state index contributed by atoms with van der Waals surface area (Å²) in [5.41, 5.74) is 1.07. The minimum absolute atomic E-state index is 0.251. The number of likely N-dealkylation sites (N-methyl/N-ethyl adjacent to an activating group) is 1. The number of benzene rings is 1. The number of halogens is 1. The summed E-state index contributed by atoms with van der Waals surface area (Å²) in [5.74, 6) is -0.251. The molecule has 4 heteroatoms. The van der Waals surface area contributed by atoms with Crippen molar-refractivity contribution in [2.24, 2.45) is 0 Å². The summed E-state index contributed by atoms with van der Waals surface area (Å²) < 4.78 is 13.8. The third kappa shape index (κ3) is 3.66. The standard InChI is InChI=1S/C16H17FN2S/c1-12(8-15-4-3-7-20-15)19(2)11-14-9-13(10-18)5-6-16(14)17/h3-7,9,12H,8,11H2,1-2H3. The Balaban J connectivity index is 2.03.